The number of piperazine rings is 1. The Hall–Kier alpha value is -2.91. The smallest absolute Gasteiger partial charge is 0.229 e. The molecule has 0 unspecified atom stereocenters. The summed E-state index contributed by atoms with van der Waals surface area (Å²) in [7, 11) is 0. The van der Waals surface area contributed by atoms with Crippen molar-refractivity contribution in [1.29, 1.82) is 0 Å². The molecule has 26 heavy (non-hydrogen) atoms. The van der Waals surface area contributed by atoms with Crippen molar-refractivity contribution in [3.63, 3.8) is 0 Å². The van der Waals surface area contributed by atoms with Crippen LogP contribution >= 0.6 is 0 Å². The molecule has 2 aromatic rings. The Morgan fingerprint density at radius 2 is 1.27 bits per heavy atom. The molecular weight excluding hydrogens is 344 g/mol. The zero-order valence-electron chi connectivity index (χ0n) is 13.9. The van der Waals surface area contributed by atoms with Crippen molar-refractivity contribution < 1.29 is 13.6 Å². The monoisotopic (exact) mass is 361 g/mol. The Bertz CT molecular complexity index is 772. The zero-order chi connectivity index (χ0) is 18.1. The van der Waals surface area contributed by atoms with E-state index < -0.39 is 11.6 Å². The van der Waals surface area contributed by atoms with Crippen LogP contribution in [0.1, 0.15) is 0 Å². The standard InChI is InChI=1S/C16H17F2N7O/c17-12-5-19-15(20-6-12)24-3-1-23(2-4-24)14(26)11-9-25(10-11)16-21-7-13(18)8-22-16/h5-8,11H,1-4,9-10H2. The first-order valence-corrected chi connectivity index (χ1v) is 8.34. The second-order valence-corrected chi connectivity index (χ2v) is 6.32. The second-order valence-electron chi connectivity index (χ2n) is 6.32. The molecule has 0 spiro atoms. The number of hydrogen-bond donors (Lipinski definition) is 0. The molecule has 2 aliphatic heterocycles. The Kier molecular flexibility index (Phi) is 4.31. The van der Waals surface area contributed by atoms with Gasteiger partial charge in [0, 0.05) is 39.3 Å². The van der Waals surface area contributed by atoms with E-state index in [0.717, 1.165) is 24.8 Å². The number of aromatic nitrogens is 4. The first-order valence-electron chi connectivity index (χ1n) is 8.34. The van der Waals surface area contributed by atoms with Crippen LogP contribution in [-0.4, -0.2) is 70.0 Å². The summed E-state index contributed by atoms with van der Waals surface area (Å²) in [6.07, 6.45) is 4.52. The molecule has 136 valence electrons. The van der Waals surface area contributed by atoms with Crippen molar-refractivity contribution >= 4 is 17.8 Å². The number of halogens is 2. The lowest BCUT2D eigenvalue weighted by Crippen LogP contribution is -2.58. The highest BCUT2D eigenvalue weighted by atomic mass is 19.1. The molecule has 1 amide bonds. The molecule has 2 aromatic heterocycles. The van der Waals surface area contributed by atoms with Gasteiger partial charge < -0.3 is 14.7 Å². The highest BCUT2D eigenvalue weighted by Crippen LogP contribution is 2.23. The van der Waals surface area contributed by atoms with E-state index in [1.165, 1.54) is 0 Å². The quantitative estimate of drug-likeness (QED) is 0.780. The lowest BCUT2D eigenvalue weighted by atomic mass is 9.98. The lowest BCUT2D eigenvalue weighted by molar-refractivity contribution is -0.136. The molecule has 4 heterocycles. The summed E-state index contributed by atoms with van der Waals surface area (Å²) in [5.74, 6) is -0.0389. The summed E-state index contributed by atoms with van der Waals surface area (Å²) in [5.41, 5.74) is 0. The van der Waals surface area contributed by atoms with Crippen LogP contribution in [0.3, 0.4) is 0 Å². The highest BCUT2D eigenvalue weighted by molar-refractivity contribution is 5.82. The van der Waals surface area contributed by atoms with E-state index in [1.807, 2.05) is 14.7 Å². The minimum absolute atomic E-state index is 0.0997. The van der Waals surface area contributed by atoms with Gasteiger partial charge in [-0.05, 0) is 0 Å². The number of hydrogen-bond acceptors (Lipinski definition) is 7. The van der Waals surface area contributed by atoms with Crippen LogP contribution in [0, 0.1) is 17.6 Å². The molecule has 2 saturated heterocycles. The fourth-order valence-corrected chi connectivity index (χ4v) is 3.12. The molecule has 0 atom stereocenters. The number of carbonyl (C=O) groups is 1. The van der Waals surface area contributed by atoms with E-state index in [-0.39, 0.29) is 11.8 Å². The largest absolute Gasteiger partial charge is 0.339 e. The minimum Gasteiger partial charge on any atom is -0.339 e. The SMILES string of the molecule is O=C(C1CN(c2ncc(F)cn2)C1)N1CCN(c2ncc(F)cn2)CC1. The maximum atomic E-state index is 12.9. The van der Waals surface area contributed by atoms with Crippen molar-refractivity contribution in [3.05, 3.63) is 36.4 Å². The third-order valence-electron chi connectivity index (χ3n) is 4.60. The van der Waals surface area contributed by atoms with E-state index in [4.69, 9.17) is 0 Å². The number of carbonyl (C=O) groups excluding carboxylic acids is 1. The molecule has 0 radical (unpaired) electrons. The molecule has 0 aromatic carbocycles. The molecule has 4 rings (SSSR count). The topological polar surface area (TPSA) is 78.4 Å². The average Bonchev–Trinajstić information content (AvgIpc) is 2.63. The van der Waals surface area contributed by atoms with Crippen LogP contribution in [-0.2, 0) is 4.79 Å². The van der Waals surface area contributed by atoms with Gasteiger partial charge in [0.25, 0.3) is 0 Å². The third kappa shape index (κ3) is 3.26. The molecule has 10 heteroatoms. The van der Waals surface area contributed by atoms with E-state index in [2.05, 4.69) is 19.9 Å². The molecule has 0 N–H and O–H groups in total. The van der Waals surface area contributed by atoms with Crippen molar-refractivity contribution in [2.75, 3.05) is 49.1 Å². The maximum Gasteiger partial charge on any atom is 0.229 e. The van der Waals surface area contributed by atoms with E-state index in [1.54, 1.807) is 0 Å². The third-order valence-corrected chi connectivity index (χ3v) is 4.60. The molecule has 2 fully saturated rings. The van der Waals surface area contributed by atoms with Gasteiger partial charge in [-0.15, -0.1) is 0 Å². The fraction of sp³-hybridized carbons (Fsp3) is 0.438. The Morgan fingerprint density at radius 1 is 0.808 bits per heavy atom. The number of rotatable bonds is 3. The van der Waals surface area contributed by atoms with Gasteiger partial charge in [-0.25, -0.2) is 28.7 Å². The second kappa shape index (κ2) is 6.77. The number of anilines is 2. The predicted octanol–water partition coefficient (Wildman–Crippen LogP) is 0.330. The zero-order valence-corrected chi connectivity index (χ0v) is 13.9. The molecule has 0 bridgehead atoms. The van der Waals surface area contributed by atoms with Gasteiger partial charge in [0.1, 0.15) is 0 Å². The normalized spacial score (nSPS) is 18.0. The van der Waals surface area contributed by atoms with Crippen molar-refractivity contribution in [1.82, 2.24) is 24.8 Å². The van der Waals surface area contributed by atoms with Crippen LogP contribution < -0.4 is 9.80 Å². The van der Waals surface area contributed by atoms with Gasteiger partial charge in [-0.2, -0.15) is 0 Å². The molecule has 8 nitrogen and oxygen atoms in total. The van der Waals surface area contributed by atoms with Crippen LogP contribution in [0.2, 0.25) is 0 Å². The Labute approximate surface area is 148 Å². The number of nitrogens with zero attached hydrogens (tertiary/aromatic N) is 7. The van der Waals surface area contributed by atoms with Crippen LogP contribution in [0.5, 0.6) is 0 Å². The van der Waals surface area contributed by atoms with Crippen LogP contribution in [0.15, 0.2) is 24.8 Å². The highest BCUT2D eigenvalue weighted by Gasteiger charge is 2.37. The first kappa shape index (κ1) is 16.6. The summed E-state index contributed by atoms with van der Waals surface area (Å²) in [6.45, 7) is 3.42. The first-order chi connectivity index (χ1) is 12.6. The summed E-state index contributed by atoms with van der Waals surface area (Å²) in [4.78, 5) is 34.0. The number of amides is 1. The van der Waals surface area contributed by atoms with Gasteiger partial charge >= 0.3 is 0 Å². The molecular formula is C16H17F2N7O. The summed E-state index contributed by atoms with van der Waals surface area (Å²) >= 11 is 0. The summed E-state index contributed by atoms with van der Waals surface area (Å²) in [6, 6.07) is 0. The van der Waals surface area contributed by atoms with Crippen molar-refractivity contribution in [3.8, 4) is 0 Å². The summed E-state index contributed by atoms with van der Waals surface area (Å²) < 4.78 is 25.8. The van der Waals surface area contributed by atoms with E-state index in [9.17, 15) is 13.6 Å². The van der Waals surface area contributed by atoms with Gasteiger partial charge in [0.2, 0.25) is 17.8 Å². The predicted molar refractivity (Wildman–Crippen MR) is 88.5 cm³/mol. The maximum absolute atomic E-state index is 12.9. The van der Waals surface area contributed by atoms with E-state index >= 15 is 0 Å². The van der Waals surface area contributed by atoms with Gasteiger partial charge in [-0.1, -0.05) is 0 Å². The van der Waals surface area contributed by atoms with E-state index in [0.29, 0.717) is 51.2 Å². The van der Waals surface area contributed by atoms with Crippen LogP contribution in [0.25, 0.3) is 0 Å². The van der Waals surface area contributed by atoms with Crippen molar-refractivity contribution in [2.45, 2.75) is 0 Å². The lowest BCUT2D eigenvalue weighted by Gasteiger charge is -2.42. The van der Waals surface area contributed by atoms with Gasteiger partial charge in [0.15, 0.2) is 11.6 Å². The van der Waals surface area contributed by atoms with Crippen molar-refractivity contribution in [2.24, 2.45) is 5.92 Å². The summed E-state index contributed by atoms with van der Waals surface area (Å²) in [5, 5.41) is 0. The van der Waals surface area contributed by atoms with Gasteiger partial charge in [0.05, 0.1) is 30.7 Å². The van der Waals surface area contributed by atoms with Crippen LogP contribution in [0.4, 0.5) is 20.7 Å². The average molecular weight is 361 g/mol. The Morgan fingerprint density at radius 3 is 1.77 bits per heavy atom. The van der Waals surface area contributed by atoms with Gasteiger partial charge in [-0.3, -0.25) is 4.79 Å². The molecule has 2 aliphatic rings. The molecule has 0 saturated carbocycles. The Balaban J connectivity index is 1.28. The minimum atomic E-state index is -0.482. The molecule has 0 aliphatic carbocycles. The fourth-order valence-electron chi connectivity index (χ4n) is 3.12.